The first-order valence-electron chi connectivity index (χ1n) is 36.5. The van der Waals surface area contributed by atoms with Crippen molar-refractivity contribution in [2.45, 2.75) is 247 Å². The molecule has 2 saturated heterocycles. The van der Waals surface area contributed by atoms with E-state index < -0.39 is 167 Å². The molecule has 29 nitrogen and oxygen atoms in total. The number of ether oxygens (including phenoxy) is 3. The SMILES string of the molecule is CC[C@@H]1NC(=O)[C@H]([C@H](O)[C@H](C)CCCCOC(=O)N(C)C)N(C)C(=O)[C@H](C(C)C)N(C)C(=O)[C@H](CC(C)C)N(C)C(=O)[C@H](CC(C)C)N(C)C(=O)[C@@H](C)NC(=O)[C@H](C)NC(=O)[C@H](CC(C)C)N(C)C(=O)[C@H](C(C)C)NC(=O)[C@H]([C@@H](C)OCCCCN2CCOCC2)N(C)C(=O)[C@@H](C)N(C)C1=O. The van der Waals surface area contributed by atoms with E-state index in [4.69, 9.17) is 14.2 Å². The third-order valence-corrected chi connectivity index (χ3v) is 19.5. The first kappa shape index (κ1) is 90.4. The van der Waals surface area contributed by atoms with Gasteiger partial charge in [-0.3, -0.25) is 57.6 Å². The van der Waals surface area contributed by atoms with Crippen molar-refractivity contribution >= 4 is 71.1 Å². The van der Waals surface area contributed by atoms with Gasteiger partial charge in [-0.05, 0) is 128 Å². The van der Waals surface area contributed by atoms with Gasteiger partial charge in [0.2, 0.25) is 65.0 Å². The number of rotatable bonds is 23. The Kier molecular flexibility index (Phi) is 38.3. The Morgan fingerprint density at radius 2 is 0.980 bits per heavy atom. The predicted octanol–water partition coefficient (Wildman–Crippen LogP) is 3.03. The van der Waals surface area contributed by atoms with Crippen LogP contribution in [-0.4, -0.2) is 308 Å². The molecule has 0 bridgehead atoms. The van der Waals surface area contributed by atoms with Crippen molar-refractivity contribution in [1.29, 1.82) is 0 Å². The Labute approximate surface area is 603 Å². The van der Waals surface area contributed by atoms with Crippen molar-refractivity contribution in [3.8, 4) is 0 Å². The molecule has 0 aliphatic carbocycles. The van der Waals surface area contributed by atoms with Crippen LogP contribution in [0, 0.1) is 35.5 Å². The van der Waals surface area contributed by atoms with E-state index in [2.05, 4.69) is 26.2 Å². The van der Waals surface area contributed by atoms with Crippen LogP contribution < -0.4 is 21.3 Å². The number of likely N-dealkylation sites (N-methyl/N-ethyl adjacent to an activating group) is 7. The van der Waals surface area contributed by atoms with Crippen LogP contribution in [0.2, 0.25) is 0 Å². The van der Waals surface area contributed by atoms with Crippen molar-refractivity contribution in [2.24, 2.45) is 35.5 Å². The number of amides is 12. The van der Waals surface area contributed by atoms with Crippen LogP contribution in [0.15, 0.2) is 0 Å². The lowest BCUT2D eigenvalue weighted by Gasteiger charge is -2.41. The van der Waals surface area contributed by atoms with Gasteiger partial charge in [-0.1, -0.05) is 83.1 Å². The summed E-state index contributed by atoms with van der Waals surface area (Å²) in [7, 11) is 12.9. The Morgan fingerprint density at radius 1 is 0.505 bits per heavy atom. The number of morpholine rings is 1. The van der Waals surface area contributed by atoms with Gasteiger partial charge in [-0.2, -0.15) is 0 Å². The van der Waals surface area contributed by atoms with E-state index in [1.165, 1.54) is 94.6 Å². The molecule has 2 fully saturated rings. The number of nitrogens with zero attached hydrogens (tertiary/aromatic N) is 9. The lowest BCUT2D eigenvalue weighted by atomic mass is 9.90. The lowest BCUT2D eigenvalue weighted by molar-refractivity contribution is -0.157. The van der Waals surface area contributed by atoms with Gasteiger partial charge < -0.3 is 79.8 Å². The van der Waals surface area contributed by atoms with Crippen LogP contribution in [0.3, 0.4) is 0 Å². The number of aliphatic hydroxyl groups excluding tert-OH is 1. The Hall–Kier alpha value is -6.72. The number of carbonyl (C=O) groups excluding carboxylic acids is 12. The van der Waals surface area contributed by atoms with E-state index in [9.17, 15) is 33.9 Å². The molecule has 0 aromatic rings. The number of carbonyl (C=O) groups is 12. The molecule has 2 heterocycles. The lowest BCUT2D eigenvalue weighted by Crippen LogP contribution is -2.64. The van der Waals surface area contributed by atoms with Crippen molar-refractivity contribution in [3.05, 3.63) is 0 Å². The maximum atomic E-state index is 15.5. The highest BCUT2D eigenvalue weighted by molar-refractivity contribution is 6.00. The maximum absolute atomic E-state index is 15.5. The summed E-state index contributed by atoms with van der Waals surface area (Å²) in [5.74, 6) is -10.5. The summed E-state index contributed by atoms with van der Waals surface area (Å²) in [6.45, 7) is 31.2. The fourth-order valence-electron chi connectivity index (χ4n) is 12.8. The Bertz CT molecular complexity index is 2730. The zero-order chi connectivity index (χ0) is 77.4. The monoisotopic (exact) mass is 1430 g/mol. The first-order chi connectivity index (χ1) is 47.0. The number of unbranched alkanes of at least 4 members (excludes halogenated alkanes) is 2. The zero-order valence-electron chi connectivity index (χ0n) is 65.9. The quantitative estimate of drug-likeness (QED) is 0.0918. The van der Waals surface area contributed by atoms with Crippen molar-refractivity contribution in [2.75, 3.05) is 109 Å². The predicted molar refractivity (Wildman–Crippen MR) is 385 cm³/mol. The molecule has 0 spiro atoms. The zero-order valence-corrected chi connectivity index (χ0v) is 65.9. The number of hydrogen-bond acceptors (Lipinski definition) is 17. The minimum absolute atomic E-state index is 0.0437. The van der Waals surface area contributed by atoms with Gasteiger partial charge in [0.05, 0.1) is 32.0 Å². The molecule has 0 saturated carbocycles. The Balaban J connectivity index is 3.02. The summed E-state index contributed by atoms with van der Waals surface area (Å²) in [6.07, 6.45) is -0.359. The van der Waals surface area contributed by atoms with E-state index in [-0.39, 0.29) is 63.1 Å². The van der Waals surface area contributed by atoms with Gasteiger partial charge in [0.25, 0.3) is 0 Å². The normalized spacial score (nSPS) is 26.5. The molecular formula is C72H131N13O16. The van der Waals surface area contributed by atoms with Gasteiger partial charge >= 0.3 is 6.09 Å². The summed E-state index contributed by atoms with van der Waals surface area (Å²) in [5.41, 5.74) is 0. The highest BCUT2D eigenvalue weighted by Gasteiger charge is 2.47. The van der Waals surface area contributed by atoms with Crippen LogP contribution in [0.25, 0.3) is 0 Å². The molecule has 2 aliphatic heterocycles. The molecule has 101 heavy (non-hydrogen) atoms. The van der Waals surface area contributed by atoms with E-state index in [1.807, 2.05) is 41.5 Å². The molecule has 580 valence electrons. The third kappa shape index (κ3) is 26.5. The standard InChI is InChI=1S/C72H131N13O16/c1-26-52-67(93)78(19)50(15)66(92)83(24)58(51(16)100-35-30-28-32-85-33-37-99-38-34-85)63(89)76-56(45(8)9)70(96)79(20)53(39-42(2)3)62(88)73-48(13)61(87)74-49(14)65(91)80(21)54(40-43(4)5)68(94)81(22)55(41-44(6)7)69(95)82(23)57(46(10)11)71(97)84(25)59(64(90)75-52)60(86)47(12)31-27-29-36-101-72(98)77(17)18/h42-60,86H,26-41H2,1-25H3,(H,73,88)(H,74,87)(H,75,90)(H,76,89)/t47-,48+,49-,50-,51-,52+,53+,54+,55+,56+,57+,58+,59+,60-/m1/s1. The second kappa shape index (κ2) is 42.8. The second-order valence-corrected chi connectivity index (χ2v) is 30.2. The van der Waals surface area contributed by atoms with Crippen molar-refractivity contribution < 1.29 is 76.9 Å². The summed E-state index contributed by atoms with van der Waals surface area (Å²) < 4.78 is 17.2. The van der Waals surface area contributed by atoms with Crippen LogP contribution in [0.4, 0.5) is 4.79 Å². The van der Waals surface area contributed by atoms with Crippen molar-refractivity contribution in [3.63, 3.8) is 0 Å². The molecule has 14 atom stereocenters. The molecule has 0 aromatic heterocycles. The molecule has 0 unspecified atom stereocenters. The molecule has 0 aromatic carbocycles. The van der Waals surface area contributed by atoms with E-state index in [0.29, 0.717) is 32.5 Å². The van der Waals surface area contributed by atoms with Crippen LogP contribution in [0.1, 0.15) is 169 Å². The number of aliphatic hydroxyl groups is 1. The average molecular weight is 1430 g/mol. The number of hydrogen-bond donors (Lipinski definition) is 5. The smallest absolute Gasteiger partial charge is 0.409 e. The fraction of sp³-hybridized carbons (Fsp3) is 0.833. The third-order valence-electron chi connectivity index (χ3n) is 19.5. The minimum atomic E-state index is -1.71. The minimum Gasteiger partial charge on any atom is -0.449 e. The summed E-state index contributed by atoms with van der Waals surface area (Å²) in [5, 5.41) is 23.5. The average Bonchev–Trinajstić information content (AvgIpc) is 0.808. The van der Waals surface area contributed by atoms with Crippen molar-refractivity contribution in [1.82, 2.24) is 65.4 Å². The highest BCUT2D eigenvalue weighted by atomic mass is 16.6. The topological polar surface area (TPSA) is 330 Å². The summed E-state index contributed by atoms with van der Waals surface area (Å²) >= 11 is 0. The van der Waals surface area contributed by atoms with E-state index in [0.717, 1.165) is 40.8 Å². The van der Waals surface area contributed by atoms with Gasteiger partial charge in [0, 0.05) is 83.1 Å². The molecule has 5 N–H and O–H groups in total. The van der Waals surface area contributed by atoms with E-state index >= 15 is 28.8 Å². The molecular weight excluding hydrogens is 1300 g/mol. The second-order valence-electron chi connectivity index (χ2n) is 30.2. The first-order valence-corrected chi connectivity index (χ1v) is 36.5. The van der Waals surface area contributed by atoms with E-state index in [1.54, 1.807) is 62.6 Å². The summed E-state index contributed by atoms with van der Waals surface area (Å²) in [4.78, 5) is 188. The maximum Gasteiger partial charge on any atom is 0.409 e. The molecule has 2 aliphatic rings. The van der Waals surface area contributed by atoms with Gasteiger partial charge in [0.1, 0.15) is 66.5 Å². The molecule has 2 rings (SSSR count). The highest BCUT2D eigenvalue weighted by Crippen LogP contribution is 2.27. The van der Waals surface area contributed by atoms with Gasteiger partial charge in [0.15, 0.2) is 0 Å². The summed E-state index contributed by atoms with van der Waals surface area (Å²) in [6, 6.07) is -14.5. The Morgan fingerprint density at radius 3 is 1.50 bits per heavy atom. The van der Waals surface area contributed by atoms with Gasteiger partial charge in [-0.15, -0.1) is 0 Å². The molecule has 12 amide bonds. The largest absolute Gasteiger partial charge is 0.449 e. The van der Waals surface area contributed by atoms with Crippen LogP contribution in [0.5, 0.6) is 0 Å². The molecule has 29 heteroatoms. The fourth-order valence-corrected chi connectivity index (χ4v) is 12.8. The number of nitrogens with one attached hydrogen (secondary N) is 4. The van der Waals surface area contributed by atoms with Crippen LogP contribution >= 0.6 is 0 Å². The molecule has 0 radical (unpaired) electrons. The van der Waals surface area contributed by atoms with Crippen LogP contribution in [-0.2, 0) is 67.0 Å². The van der Waals surface area contributed by atoms with Gasteiger partial charge in [-0.25, -0.2) is 4.79 Å².